The van der Waals surface area contributed by atoms with Gasteiger partial charge in [-0.25, -0.2) is 0 Å². The maximum atomic E-state index is 12.0. The van der Waals surface area contributed by atoms with Gasteiger partial charge in [0.05, 0.1) is 0 Å². The number of phenolic OH excluding ortho intramolecular Hbond substituents is 1. The molecule has 0 aliphatic rings. The van der Waals surface area contributed by atoms with Crippen molar-refractivity contribution in [3.63, 3.8) is 0 Å². The zero-order chi connectivity index (χ0) is 16.7. The SMILES string of the molecule is CCOCCCNC(=O)c1ccc(-c2cc(Cl)ccc2O)cc1. The lowest BCUT2D eigenvalue weighted by molar-refractivity contribution is 0.0944. The summed E-state index contributed by atoms with van der Waals surface area (Å²) in [6, 6.07) is 11.9. The van der Waals surface area contributed by atoms with Crippen LogP contribution in [0.15, 0.2) is 42.5 Å². The van der Waals surface area contributed by atoms with Crippen molar-refractivity contribution < 1.29 is 14.6 Å². The quantitative estimate of drug-likeness (QED) is 0.756. The van der Waals surface area contributed by atoms with Crippen LogP contribution in [-0.4, -0.2) is 30.8 Å². The molecule has 0 aliphatic heterocycles. The Morgan fingerprint density at radius 1 is 1.22 bits per heavy atom. The number of phenols is 1. The number of rotatable bonds is 7. The van der Waals surface area contributed by atoms with E-state index in [4.69, 9.17) is 16.3 Å². The summed E-state index contributed by atoms with van der Waals surface area (Å²) in [6.45, 7) is 3.85. The Morgan fingerprint density at radius 2 is 1.96 bits per heavy atom. The monoisotopic (exact) mass is 333 g/mol. The topological polar surface area (TPSA) is 58.6 Å². The van der Waals surface area contributed by atoms with Gasteiger partial charge in [0.25, 0.3) is 5.91 Å². The zero-order valence-electron chi connectivity index (χ0n) is 13.0. The van der Waals surface area contributed by atoms with Crippen molar-refractivity contribution in [1.29, 1.82) is 0 Å². The fraction of sp³-hybridized carbons (Fsp3) is 0.278. The maximum Gasteiger partial charge on any atom is 0.251 e. The number of amides is 1. The summed E-state index contributed by atoms with van der Waals surface area (Å²) in [5, 5.41) is 13.3. The summed E-state index contributed by atoms with van der Waals surface area (Å²) in [5.41, 5.74) is 2.02. The van der Waals surface area contributed by atoms with Gasteiger partial charge in [-0.2, -0.15) is 0 Å². The molecule has 23 heavy (non-hydrogen) atoms. The van der Waals surface area contributed by atoms with E-state index in [1.54, 1.807) is 42.5 Å². The Morgan fingerprint density at radius 3 is 2.65 bits per heavy atom. The van der Waals surface area contributed by atoms with Crippen molar-refractivity contribution in [1.82, 2.24) is 5.32 Å². The molecule has 0 radical (unpaired) electrons. The summed E-state index contributed by atoms with van der Waals surface area (Å²) in [6.07, 6.45) is 0.786. The minimum Gasteiger partial charge on any atom is -0.507 e. The average molecular weight is 334 g/mol. The number of halogens is 1. The highest BCUT2D eigenvalue weighted by Gasteiger charge is 2.08. The molecule has 2 rings (SSSR count). The van der Waals surface area contributed by atoms with E-state index < -0.39 is 0 Å². The molecule has 0 bridgehead atoms. The minimum atomic E-state index is -0.122. The van der Waals surface area contributed by atoms with Crippen LogP contribution in [0.2, 0.25) is 5.02 Å². The molecule has 2 N–H and O–H groups in total. The molecule has 0 aliphatic carbocycles. The molecule has 0 unspecified atom stereocenters. The first-order valence-corrected chi connectivity index (χ1v) is 7.94. The number of benzene rings is 2. The van der Waals surface area contributed by atoms with Crippen molar-refractivity contribution >= 4 is 17.5 Å². The average Bonchev–Trinajstić information content (AvgIpc) is 2.57. The predicted octanol–water partition coefficient (Wildman–Crippen LogP) is 3.87. The summed E-state index contributed by atoms with van der Waals surface area (Å²) in [5.74, 6) is 0.0332. The molecule has 5 heteroatoms. The lowest BCUT2D eigenvalue weighted by Crippen LogP contribution is -2.25. The zero-order valence-corrected chi connectivity index (χ0v) is 13.8. The summed E-state index contributed by atoms with van der Waals surface area (Å²) in [4.78, 5) is 12.0. The molecule has 122 valence electrons. The highest BCUT2D eigenvalue weighted by molar-refractivity contribution is 6.31. The largest absolute Gasteiger partial charge is 0.507 e. The third-order valence-corrected chi connectivity index (χ3v) is 3.61. The lowest BCUT2D eigenvalue weighted by atomic mass is 10.0. The van der Waals surface area contributed by atoms with Crippen LogP contribution in [0, 0.1) is 0 Å². The van der Waals surface area contributed by atoms with E-state index in [-0.39, 0.29) is 11.7 Å². The number of carbonyl (C=O) groups is 1. The molecule has 0 atom stereocenters. The molecule has 1 amide bonds. The van der Waals surface area contributed by atoms with E-state index in [2.05, 4.69) is 5.32 Å². The van der Waals surface area contributed by atoms with Gasteiger partial charge in [0.2, 0.25) is 0 Å². The number of carbonyl (C=O) groups excluding carboxylic acids is 1. The Bertz CT molecular complexity index is 656. The first-order valence-electron chi connectivity index (χ1n) is 7.56. The third-order valence-electron chi connectivity index (χ3n) is 3.37. The first kappa shape index (κ1) is 17.3. The summed E-state index contributed by atoms with van der Waals surface area (Å²) in [7, 11) is 0. The Hall–Kier alpha value is -2.04. The standard InChI is InChI=1S/C18H20ClNO3/c1-2-23-11-3-10-20-18(22)14-6-4-13(5-7-14)16-12-15(19)8-9-17(16)21/h4-9,12,21H,2-3,10-11H2,1H3,(H,20,22). The van der Waals surface area contributed by atoms with Crippen LogP contribution in [0.3, 0.4) is 0 Å². The van der Waals surface area contributed by atoms with E-state index in [1.807, 2.05) is 6.92 Å². The summed E-state index contributed by atoms with van der Waals surface area (Å²) >= 11 is 5.96. The van der Waals surface area contributed by atoms with E-state index in [1.165, 1.54) is 0 Å². The molecule has 0 aromatic heterocycles. The van der Waals surface area contributed by atoms with Crippen LogP contribution >= 0.6 is 11.6 Å². The number of nitrogens with one attached hydrogen (secondary N) is 1. The molecule has 2 aromatic rings. The molecule has 0 spiro atoms. The number of hydrogen-bond donors (Lipinski definition) is 2. The van der Waals surface area contributed by atoms with E-state index in [9.17, 15) is 9.90 Å². The normalized spacial score (nSPS) is 10.5. The van der Waals surface area contributed by atoms with Gasteiger partial charge < -0.3 is 15.2 Å². The number of hydrogen-bond acceptors (Lipinski definition) is 3. The number of aromatic hydroxyl groups is 1. The van der Waals surface area contributed by atoms with Gasteiger partial charge in [0.15, 0.2) is 0 Å². The van der Waals surface area contributed by atoms with Crippen molar-refractivity contribution in [2.45, 2.75) is 13.3 Å². The second kappa shape index (κ2) is 8.56. The molecule has 0 saturated carbocycles. The second-order valence-corrected chi connectivity index (χ2v) is 5.48. The fourth-order valence-electron chi connectivity index (χ4n) is 2.16. The molecular formula is C18H20ClNO3. The van der Waals surface area contributed by atoms with E-state index in [0.29, 0.717) is 35.9 Å². The maximum absolute atomic E-state index is 12.0. The van der Waals surface area contributed by atoms with Crippen molar-refractivity contribution in [2.75, 3.05) is 19.8 Å². The predicted molar refractivity (Wildman–Crippen MR) is 92.0 cm³/mol. The Labute approximate surface area is 141 Å². The highest BCUT2D eigenvalue weighted by atomic mass is 35.5. The smallest absolute Gasteiger partial charge is 0.251 e. The van der Waals surface area contributed by atoms with Crippen molar-refractivity contribution in [3.05, 3.63) is 53.1 Å². The Balaban J connectivity index is 1.99. The van der Waals surface area contributed by atoms with Crippen molar-refractivity contribution in [2.24, 2.45) is 0 Å². The Kier molecular flexibility index (Phi) is 6.44. The molecule has 0 saturated heterocycles. The first-order chi connectivity index (χ1) is 11.1. The number of ether oxygens (including phenoxy) is 1. The molecule has 2 aromatic carbocycles. The van der Waals surface area contributed by atoms with Gasteiger partial charge in [0, 0.05) is 35.9 Å². The third kappa shape index (κ3) is 4.98. The van der Waals surface area contributed by atoms with Gasteiger partial charge in [-0.3, -0.25) is 4.79 Å². The van der Waals surface area contributed by atoms with Crippen LogP contribution < -0.4 is 5.32 Å². The van der Waals surface area contributed by atoms with Crippen LogP contribution in [0.4, 0.5) is 0 Å². The van der Waals surface area contributed by atoms with Gasteiger partial charge in [-0.1, -0.05) is 23.7 Å². The van der Waals surface area contributed by atoms with E-state index >= 15 is 0 Å². The van der Waals surface area contributed by atoms with E-state index in [0.717, 1.165) is 12.0 Å². The lowest BCUT2D eigenvalue weighted by Gasteiger charge is -2.08. The van der Waals surface area contributed by atoms with Crippen LogP contribution in [0.5, 0.6) is 5.75 Å². The van der Waals surface area contributed by atoms with Gasteiger partial charge in [-0.05, 0) is 49.2 Å². The fourth-order valence-corrected chi connectivity index (χ4v) is 2.34. The molecule has 0 fully saturated rings. The minimum absolute atomic E-state index is 0.122. The van der Waals surface area contributed by atoms with Crippen LogP contribution in [0.25, 0.3) is 11.1 Å². The molecule has 0 heterocycles. The van der Waals surface area contributed by atoms with Gasteiger partial charge in [0.1, 0.15) is 5.75 Å². The van der Waals surface area contributed by atoms with Crippen molar-refractivity contribution in [3.8, 4) is 16.9 Å². The molecule has 4 nitrogen and oxygen atoms in total. The second-order valence-electron chi connectivity index (χ2n) is 5.05. The van der Waals surface area contributed by atoms with Gasteiger partial charge in [-0.15, -0.1) is 0 Å². The van der Waals surface area contributed by atoms with Gasteiger partial charge >= 0.3 is 0 Å². The van der Waals surface area contributed by atoms with Crippen LogP contribution in [-0.2, 0) is 4.74 Å². The highest BCUT2D eigenvalue weighted by Crippen LogP contribution is 2.31. The molecular weight excluding hydrogens is 314 g/mol. The summed E-state index contributed by atoms with van der Waals surface area (Å²) < 4.78 is 5.22. The van der Waals surface area contributed by atoms with Crippen LogP contribution in [0.1, 0.15) is 23.7 Å².